The van der Waals surface area contributed by atoms with Crippen molar-refractivity contribution in [2.45, 2.75) is 12.5 Å². The fraction of sp³-hybridized carbons (Fsp3) is 0.269. The van der Waals surface area contributed by atoms with Crippen LogP contribution in [0.1, 0.15) is 15.2 Å². The van der Waals surface area contributed by atoms with E-state index in [0.717, 1.165) is 20.2 Å². The number of anilines is 2. The van der Waals surface area contributed by atoms with Crippen LogP contribution in [0.5, 0.6) is 11.5 Å². The molecule has 3 N–H and O–H groups in total. The maximum atomic E-state index is 12.9. The monoisotopic (exact) mass is 535 g/mol. The summed E-state index contributed by atoms with van der Waals surface area (Å²) in [5.74, 6) is 1.08. The van der Waals surface area contributed by atoms with E-state index in [4.69, 9.17) is 20.2 Å². The van der Waals surface area contributed by atoms with Crippen LogP contribution in [0.2, 0.25) is 0 Å². The van der Waals surface area contributed by atoms with Gasteiger partial charge in [0.1, 0.15) is 0 Å². The summed E-state index contributed by atoms with van der Waals surface area (Å²) in [6.45, 7) is 2.78. The number of piperazine rings is 1. The van der Waals surface area contributed by atoms with E-state index in [0.29, 0.717) is 55.3 Å². The molecular weight excluding hydrogens is 510 g/mol. The maximum Gasteiger partial charge on any atom is 0.255 e. The Labute approximate surface area is 221 Å². The van der Waals surface area contributed by atoms with Crippen molar-refractivity contribution in [2.24, 2.45) is 5.73 Å². The van der Waals surface area contributed by atoms with Crippen LogP contribution in [0.4, 0.5) is 10.8 Å². The summed E-state index contributed by atoms with van der Waals surface area (Å²) in [6, 6.07) is 14.3. The third kappa shape index (κ3) is 4.97. The van der Waals surface area contributed by atoms with Gasteiger partial charge < -0.3 is 30.3 Å². The minimum atomic E-state index is -0.519. The fourth-order valence-electron chi connectivity index (χ4n) is 4.45. The molecule has 37 heavy (non-hydrogen) atoms. The van der Waals surface area contributed by atoms with Crippen molar-refractivity contribution >= 4 is 55.5 Å². The second-order valence-corrected chi connectivity index (χ2v) is 10.9. The lowest BCUT2D eigenvalue weighted by Crippen LogP contribution is -2.53. The summed E-state index contributed by atoms with van der Waals surface area (Å²) >= 11 is 3.17. The van der Waals surface area contributed by atoms with Gasteiger partial charge in [-0.3, -0.25) is 9.59 Å². The Balaban J connectivity index is 1.08. The average molecular weight is 536 g/mol. The first-order chi connectivity index (χ1) is 18.0. The van der Waals surface area contributed by atoms with E-state index >= 15 is 0 Å². The molecular formula is C26H25N5O4S2. The Morgan fingerprint density at radius 2 is 1.89 bits per heavy atom. The Hall–Kier alpha value is -3.67. The zero-order valence-electron chi connectivity index (χ0n) is 19.9. The van der Waals surface area contributed by atoms with Crippen LogP contribution in [0, 0.1) is 0 Å². The SMILES string of the molecule is N[C@@H](Cc1cccs1)C(=O)N1CCN(c2nc3ccc(C(=O)Nc4ccc5c(c4)OCO5)cc3s2)CC1. The summed E-state index contributed by atoms with van der Waals surface area (Å²) in [5.41, 5.74) is 8.23. The number of thiophene rings is 1. The predicted octanol–water partition coefficient (Wildman–Crippen LogP) is 3.56. The van der Waals surface area contributed by atoms with Crippen LogP contribution in [0.3, 0.4) is 0 Å². The number of rotatable bonds is 6. The molecule has 0 saturated carbocycles. The van der Waals surface area contributed by atoms with Crippen molar-refractivity contribution in [3.05, 3.63) is 64.4 Å². The molecule has 0 unspecified atom stereocenters. The summed E-state index contributed by atoms with van der Waals surface area (Å²) < 4.78 is 11.6. The molecule has 2 aliphatic rings. The number of hydrogen-bond donors (Lipinski definition) is 2. The van der Waals surface area contributed by atoms with Crippen molar-refractivity contribution in [2.75, 3.05) is 43.2 Å². The molecule has 1 atom stereocenters. The van der Waals surface area contributed by atoms with Crippen LogP contribution >= 0.6 is 22.7 Å². The van der Waals surface area contributed by atoms with Crippen LogP contribution in [-0.2, 0) is 11.2 Å². The van der Waals surface area contributed by atoms with Gasteiger partial charge in [0, 0.05) is 54.8 Å². The van der Waals surface area contributed by atoms with Gasteiger partial charge in [-0.25, -0.2) is 4.98 Å². The highest BCUT2D eigenvalue weighted by Gasteiger charge is 2.27. The summed E-state index contributed by atoms with van der Waals surface area (Å²) in [6.07, 6.45) is 0.569. The number of nitrogens with two attached hydrogens (primary N) is 1. The Kier molecular flexibility index (Phi) is 6.41. The van der Waals surface area contributed by atoms with E-state index in [1.54, 1.807) is 46.9 Å². The van der Waals surface area contributed by atoms with Crippen LogP contribution in [-0.4, -0.2) is 60.7 Å². The second-order valence-electron chi connectivity index (χ2n) is 8.90. The zero-order valence-corrected chi connectivity index (χ0v) is 21.5. The standard InChI is InChI=1S/C26H25N5O4S2/c27-19(14-18-2-1-11-36-18)25(33)30-7-9-31(10-8-30)26-29-20-5-3-16(12-23(20)37-26)24(32)28-17-4-6-21-22(13-17)35-15-34-21/h1-6,11-13,19H,7-10,14-15,27H2,(H,28,32)/t19-/m0/s1. The summed E-state index contributed by atoms with van der Waals surface area (Å²) in [7, 11) is 0. The molecule has 2 aliphatic heterocycles. The van der Waals surface area contributed by atoms with Gasteiger partial charge in [-0.1, -0.05) is 17.4 Å². The molecule has 6 rings (SSSR count). The number of carbonyl (C=O) groups excluding carboxylic acids is 2. The first-order valence-electron chi connectivity index (χ1n) is 12.0. The molecule has 2 aromatic carbocycles. The molecule has 1 fully saturated rings. The van der Waals surface area contributed by atoms with E-state index < -0.39 is 6.04 Å². The van der Waals surface area contributed by atoms with E-state index in [2.05, 4.69) is 10.2 Å². The van der Waals surface area contributed by atoms with Gasteiger partial charge in [0.15, 0.2) is 16.6 Å². The number of carbonyl (C=O) groups is 2. The Bertz CT molecular complexity index is 1450. The van der Waals surface area contributed by atoms with Gasteiger partial charge >= 0.3 is 0 Å². The third-order valence-electron chi connectivity index (χ3n) is 6.45. The number of amides is 2. The number of fused-ring (bicyclic) bond motifs is 2. The second kappa shape index (κ2) is 10.0. The highest BCUT2D eigenvalue weighted by molar-refractivity contribution is 7.22. The van der Waals surface area contributed by atoms with Gasteiger partial charge in [0.25, 0.3) is 5.91 Å². The van der Waals surface area contributed by atoms with E-state index in [9.17, 15) is 9.59 Å². The third-order valence-corrected chi connectivity index (χ3v) is 8.43. The highest BCUT2D eigenvalue weighted by Crippen LogP contribution is 2.35. The maximum absolute atomic E-state index is 12.9. The molecule has 0 radical (unpaired) electrons. The van der Waals surface area contributed by atoms with Gasteiger partial charge in [0.05, 0.1) is 16.3 Å². The van der Waals surface area contributed by atoms with E-state index in [1.165, 1.54) is 0 Å². The first kappa shape index (κ1) is 23.7. The lowest BCUT2D eigenvalue weighted by molar-refractivity contribution is -0.132. The van der Waals surface area contributed by atoms with Crippen molar-refractivity contribution in [3.8, 4) is 11.5 Å². The Morgan fingerprint density at radius 3 is 2.70 bits per heavy atom. The fourth-order valence-corrected chi connectivity index (χ4v) is 6.27. The van der Waals surface area contributed by atoms with Gasteiger partial charge in [0.2, 0.25) is 12.7 Å². The molecule has 190 valence electrons. The van der Waals surface area contributed by atoms with Crippen LogP contribution in [0.15, 0.2) is 53.9 Å². The largest absolute Gasteiger partial charge is 0.454 e. The molecule has 4 heterocycles. The topological polar surface area (TPSA) is 110 Å². The molecule has 9 nitrogen and oxygen atoms in total. The number of nitrogens with zero attached hydrogens (tertiary/aromatic N) is 3. The van der Waals surface area contributed by atoms with Crippen molar-refractivity contribution in [3.63, 3.8) is 0 Å². The smallest absolute Gasteiger partial charge is 0.255 e. The van der Waals surface area contributed by atoms with Crippen molar-refractivity contribution < 1.29 is 19.1 Å². The normalized spacial score (nSPS) is 15.7. The number of aromatic nitrogens is 1. The van der Waals surface area contributed by atoms with Crippen molar-refractivity contribution in [1.29, 1.82) is 0 Å². The zero-order chi connectivity index (χ0) is 25.4. The molecule has 11 heteroatoms. The van der Waals surface area contributed by atoms with Gasteiger partial charge in [-0.15, -0.1) is 11.3 Å². The summed E-state index contributed by atoms with van der Waals surface area (Å²) in [5, 5.41) is 5.80. The minimum absolute atomic E-state index is 0.00420. The van der Waals surface area contributed by atoms with E-state index in [-0.39, 0.29) is 18.6 Å². The number of thiazole rings is 1. The molecule has 2 aromatic heterocycles. The van der Waals surface area contributed by atoms with E-state index in [1.807, 2.05) is 34.5 Å². The number of nitrogens with one attached hydrogen (secondary N) is 1. The predicted molar refractivity (Wildman–Crippen MR) is 145 cm³/mol. The van der Waals surface area contributed by atoms with Crippen LogP contribution < -0.4 is 25.4 Å². The summed E-state index contributed by atoms with van der Waals surface area (Å²) in [4.78, 5) is 35.6. The minimum Gasteiger partial charge on any atom is -0.454 e. The number of ether oxygens (including phenoxy) is 2. The lowest BCUT2D eigenvalue weighted by atomic mass is 10.1. The lowest BCUT2D eigenvalue weighted by Gasteiger charge is -2.35. The molecule has 0 bridgehead atoms. The van der Waals surface area contributed by atoms with Gasteiger partial charge in [-0.05, 0) is 41.8 Å². The molecule has 2 amide bonds. The first-order valence-corrected chi connectivity index (χ1v) is 13.7. The molecule has 0 aliphatic carbocycles. The number of benzene rings is 2. The Morgan fingerprint density at radius 1 is 1.05 bits per heavy atom. The molecule has 1 saturated heterocycles. The van der Waals surface area contributed by atoms with Gasteiger partial charge in [-0.2, -0.15) is 0 Å². The number of hydrogen-bond acceptors (Lipinski definition) is 9. The quantitative estimate of drug-likeness (QED) is 0.389. The molecule has 4 aromatic rings. The highest BCUT2D eigenvalue weighted by atomic mass is 32.1. The molecule has 0 spiro atoms. The van der Waals surface area contributed by atoms with Crippen molar-refractivity contribution in [1.82, 2.24) is 9.88 Å². The average Bonchev–Trinajstić information content (AvgIpc) is 3.68. The van der Waals surface area contributed by atoms with Crippen LogP contribution in [0.25, 0.3) is 10.2 Å².